The first-order valence-corrected chi connectivity index (χ1v) is 3.35. The van der Waals surface area contributed by atoms with Gasteiger partial charge in [0.25, 0.3) is 0 Å². The number of carbonyl (C=O) groups is 1. The van der Waals surface area contributed by atoms with Crippen molar-refractivity contribution < 1.29 is 4.79 Å². The minimum Gasteiger partial charge on any atom is -0.309 e. The van der Waals surface area contributed by atoms with Crippen LogP contribution in [-0.2, 0) is 4.79 Å². The Bertz CT molecular complexity index is 147. The van der Waals surface area contributed by atoms with E-state index in [9.17, 15) is 4.79 Å². The number of hydrogen-bond donors (Lipinski definition) is 1. The maximum Gasteiger partial charge on any atom is 0.146 e. The van der Waals surface area contributed by atoms with Crippen molar-refractivity contribution in [2.75, 3.05) is 0 Å². The molecule has 1 N–H and O–H groups in total. The Morgan fingerprint density at radius 3 is 2.50 bits per heavy atom. The number of nitrogens with one attached hydrogen (secondary N) is 1. The Morgan fingerprint density at radius 2 is 2.20 bits per heavy atom. The molecular weight excluding hydrogens is 126 g/mol. The van der Waals surface area contributed by atoms with E-state index >= 15 is 0 Å². The van der Waals surface area contributed by atoms with Gasteiger partial charge in [-0.15, -0.1) is 0 Å². The van der Waals surface area contributed by atoms with Gasteiger partial charge in [-0.05, 0) is 24.0 Å². The monoisotopic (exact) mass is 139 g/mol. The summed E-state index contributed by atoms with van der Waals surface area (Å²) in [6.45, 7) is 4.09. The SMILES string of the molecule is CC(C)C/C(C=O)=C\C=N. The fourth-order valence-electron chi connectivity index (χ4n) is 0.734. The zero-order valence-electron chi connectivity index (χ0n) is 6.42. The van der Waals surface area contributed by atoms with E-state index in [1.807, 2.05) is 13.8 Å². The first-order chi connectivity index (χ1) is 4.70. The molecule has 0 spiro atoms. The van der Waals surface area contributed by atoms with Crippen LogP contribution < -0.4 is 0 Å². The number of aldehydes is 1. The van der Waals surface area contributed by atoms with Crippen LogP contribution in [0.2, 0.25) is 0 Å². The molecule has 0 aliphatic rings. The Labute approximate surface area is 61.5 Å². The lowest BCUT2D eigenvalue weighted by Crippen LogP contribution is -1.92. The highest BCUT2D eigenvalue weighted by molar-refractivity contribution is 5.82. The largest absolute Gasteiger partial charge is 0.309 e. The molecule has 0 aliphatic carbocycles. The molecule has 0 saturated heterocycles. The first-order valence-electron chi connectivity index (χ1n) is 3.35. The Kier molecular flexibility index (Phi) is 4.46. The second kappa shape index (κ2) is 4.91. The molecule has 0 atom stereocenters. The van der Waals surface area contributed by atoms with Crippen molar-refractivity contribution in [1.82, 2.24) is 0 Å². The van der Waals surface area contributed by atoms with Gasteiger partial charge >= 0.3 is 0 Å². The van der Waals surface area contributed by atoms with Crippen LogP contribution in [0.15, 0.2) is 11.6 Å². The van der Waals surface area contributed by atoms with Gasteiger partial charge in [-0.25, -0.2) is 0 Å². The van der Waals surface area contributed by atoms with Gasteiger partial charge in [0.15, 0.2) is 0 Å². The zero-order valence-corrected chi connectivity index (χ0v) is 6.42. The predicted molar refractivity (Wildman–Crippen MR) is 42.4 cm³/mol. The summed E-state index contributed by atoms with van der Waals surface area (Å²) < 4.78 is 0. The maximum absolute atomic E-state index is 10.3. The normalized spacial score (nSPS) is 11.7. The molecule has 0 aromatic rings. The predicted octanol–water partition coefficient (Wildman–Crippen LogP) is 1.81. The van der Waals surface area contributed by atoms with Crippen LogP contribution in [0.3, 0.4) is 0 Å². The summed E-state index contributed by atoms with van der Waals surface area (Å²) in [5, 5.41) is 6.72. The summed E-state index contributed by atoms with van der Waals surface area (Å²) in [7, 11) is 0. The standard InChI is InChI=1S/C8H13NO/c1-7(2)5-8(6-10)3-4-9/h3-4,6-7,9H,5H2,1-2H3/b8-3+,9-4?. The van der Waals surface area contributed by atoms with Gasteiger partial charge in [0.2, 0.25) is 0 Å². The zero-order chi connectivity index (χ0) is 7.98. The highest BCUT2D eigenvalue weighted by Gasteiger charge is 1.97. The van der Waals surface area contributed by atoms with Crippen LogP contribution in [0.1, 0.15) is 20.3 Å². The molecule has 0 radical (unpaired) electrons. The van der Waals surface area contributed by atoms with Gasteiger partial charge < -0.3 is 5.41 Å². The van der Waals surface area contributed by atoms with Crippen molar-refractivity contribution in [3.05, 3.63) is 11.6 Å². The third kappa shape index (κ3) is 4.01. The minimum absolute atomic E-state index is 0.483. The van der Waals surface area contributed by atoms with Crippen molar-refractivity contribution in [3.8, 4) is 0 Å². The van der Waals surface area contributed by atoms with Crippen LogP contribution in [0.25, 0.3) is 0 Å². The van der Waals surface area contributed by atoms with E-state index in [4.69, 9.17) is 5.41 Å². The maximum atomic E-state index is 10.3. The fraction of sp³-hybridized carbons (Fsp3) is 0.500. The molecule has 0 aliphatic heterocycles. The average molecular weight is 139 g/mol. The lowest BCUT2D eigenvalue weighted by atomic mass is 10.0. The third-order valence-electron chi connectivity index (χ3n) is 1.09. The number of hydrogen-bond acceptors (Lipinski definition) is 2. The molecule has 2 nitrogen and oxygen atoms in total. The molecular formula is C8H13NO. The smallest absolute Gasteiger partial charge is 0.146 e. The van der Waals surface area contributed by atoms with Crippen molar-refractivity contribution in [3.63, 3.8) is 0 Å². The molecule has 0 bridgehead atoms. The van der Waals surface area contributed by atoms with E-state index in [0.717, 1.165) is 18.9 Å². The lowest BCUT2D eigenvalue weighted by Gasteiger charge is -2.00. The van der Waals surface area contributed by atoms with Gasteiger partial charge in [-0.1, -0.05) is 13.8 Å². The van der Waals surface area contributed by atoms with Crippen LogP contribution in [0, 0.1) is 11.3 Å². The molecule has 2 heteroatoms. The summed E-state index contributed by atoms with van der Waals surface area (Å²) in [5.74, 6) is 0.483. The number of carbonyl (C=O) groups excluding carboxylic acids is 1. The van der Waals surface area contributed by atoms with Crippen LogP contribution in [-0.4, -0.2) is 12.5 Å². The number of rotatable bonds is 4. The molecule has 0 aromatic heterocycles. The fourth-order valence-corrected chi connectivity index (χ4v) is 0.734. The third-order valence-corrected chi connectivity index (χ3v) is 1.09. The summed E-state index contributed by atoms with van der Waals surface area (Å²) in [6.07, 6.45) is 4.25. The summed E-state index contributed by atoms with van der Waals surface area (Å²) in [4.78, 5) is 10.3. The van der Waals surface area contributed by atoms with E-state index < -0.39 is 0 Å². The molecule has 0 saturated carbocycles. The van der Waals surface area contributed by atoms with Gasteiger partial charge in [-0.2, -0.15) is 0 Å². The second-order valence-corrected chi connectivity index (χ2v) is 2.62. The van der Waals surface area contributed by atoms with Gasteiger partial charge in [0, 0.05) is 6.21 Å². The molecule has 0 fully saturated rings. The van der Waals surface area contributed by atoms with Gasteiger partial charge in [0.1, 0.15) is 6.29 Å². The van der Waals surface area contributed by atoms with E-state index in [1.165, 1.54) is 6.08 Å². The van der Waals surface area contributed by atoms with E-state index in [2.05, 4.69) is 0 Å². The first kappa shape index (κ1) is 9.08. The molecule has 10 heavy (non-hydrogen) atoms. The molecule has 0 heterocycles. The van der Waals surface area contributed by atoms with Gasteiger partial charge in [0.05, 0.1) is 0 Å². The highest BCUT2D eigenvalue weighted by atomic mass is 16.1. The lowest BCUT2D eigenvalue weighted by molar-refractivity contribution is -0.105. The average Bonchev–Trinajstić information content (AvgIpc) is 1.86. The van der Waals surface area contributed by atoms with Crippen LogP contribution in [0.5, 0.6) is 0 Å². The van der Waals surface area contributed by atoms with Crippen molar-refractivity contribution in [1.29, 1.82) is 5.41 Å². The van der Waals surface area contributed by atoms with Gasteiger partial charge in [-0.3, -0.25) is 4.79 Å². The van der Waals surface area contributed by atoms with Crippen LogP contribution >= 0.6 is 0 Å². The minimum atomic E-state index is 0.483. The van der Waals surface area contributed by atoms with E-state index in [0.29, 0.717) is 11.5 Å². The van der Waals surface area contributed by atoms with Crippen molar-refractivity contribution in [2.24, 2.45) is 5.92 Å². The molecule has 0 aromatic carbocycles. The molecule has 0 rings (SSSR count). The van der Waals surface area contributed by atoms with Crippen molar-refractivity contribution in [2.45, 2.75) is 20.3 Å². The Morgan fingerprint density at radius 1 is 1.60 bits per heavy atom. The summed E-state index contributed by atoms with van der Waals surface area (Å²) in [5.41, 5.74) is 0.699. The molecule has 56 valence electrons. The summed E-state index contributed by atoms with van der Waals surface area (Å²) >= 11 is 0. The van der Waals surface area contributed by atoms with E-state index in [1.54, 1.807) is 0 Å². The van der Waals surface area contributed by atoms with Crippen molar-refractivity contribution >= 4 is 12.5 Å². The second-order valence-electron chi connectivity index (χ2n) is 2.62. The Balaban J connectivity index is 3.95. The van der Waals surface area contributed by atoms with E-state index in [-0.39, 0.29) is 0 Å². The topological polar surface area (TPSA) is 40.9 Å². The van der Waals surface area contributed by atoms with Crippen LogP contribution in [0.4, 0.5) is 0 Å². The highest BCUT2D eigenvalue weighted by Crippen LogP contribution is 2.06. The number of allylic oxidation sites excluding steroid dienone is 2. The Hall–Kier alpha value is -0.920. The molecule has 0 unspecified atom stereocenters. The summed E-state index contributed by atoms with van der Waals surface area (Å²) in [6, 6.07) is 0. The quantitative estimate of drug-likeness (QED) is 0.360. The molecule has 0 amide bonds.